The van der Waals surface area contributed by atoms with Crippen LogP contribution in [0.3, 0.4) is 0 Å². The van der Waals surface area contributed by atoms with Crippen molar-refractivity contribution in [1.82, 2.24) is 0 Å². The second-order valence-corrected chi connectivity index (χ2v) is 6.78. The highest BCUT2D eigenvalue weighted by Crippen LogP contribution is 2.34. The Morgan fingerprint density at radius 3 is 2.75 bits per heavy atom. The van der Waals surface area contributed by atoms with E-state index in [0.29, 0.717) is 18.0 Å². The fourth-order valence-electron chi connectivity index (χ4n) is 2.84. The molecule has 1 unspecified atom stereocenters. The Balaban J connectivity index is 1.69. The number of thiophene rings is 1. The van der Waals surface area contributed by atoms with Crippen LogP contribution in [0.2, 0.25) is 0 Å². The van der Waals surface area contributed by atoms with E-state index < -0.39 is 0 Å². The van der Waals surface area contributed by atoms with Crippen molar-refractivity contribution in [3.05, 3.63) is 45.6 Å². The molecule has 2 N–H and O–H groups in total. The van der Waals surface area contributed by atoms with E-state index in [4.69, 9.17) is 4.74 Å². The third-order valence-electron chi connectivity index (χ3n) is 4.05. The Morgan fingerprint density at radius 1 is 1.25 bits per heavy atom. The minimum Gasteiger partial charge on any atom is -0.372 e. The van der Waals surface area contributed by atoms with Gasteiger partial charge in [-0.3, -0.25) is 9.59 Å². The Bertz CT molecular complexity index is 769. The third kappa shape index (κ3) is 3.66. The number of ether oxygens (including phenoxy) is 1. The molecular weight excluding hydrogens is 324 g/mol. The summed E-state index contributed by atoms with van der Waals surface area (Å²) in [6, 6.07) is 7.56. The number of carbonyl (C=O) groups is 2. The summed E-state index contributed by atoms with van der Waals surface area (Å²) in [4.78, 5) is 24.8. The first-order valence-corrected chi connectivity index (χ1v) is 8.77. The molecule has 0 bridgehead atoms. The maximum Gasteiger partial charge on any atom is 0.227 e. The van der Waals surface area contributed by atoms with Gasteiger partial charge in [0.15, 0.2) is 0 Å². The summed E-state index contributed by atoms with van der Waals surface area (Å²) >= 11 is 1.64. The van der Waals surface area contributed by atoms with Crippen LogP contribution < -0.4 is 10.6 Å². The average molecular weight is 344 g/mol. The minimum absolute atomic E-state index is 0.0932. The number of fused-ring (bicyclic) bond motifs is 1. The molecule has 1 atom stereocenters. The number of hydrogen-bond acceptors (Lipinski definition) is 4. The van der Waals surface area contributed by atoms with E-state index in [1.807, 2.05) is 30.5 Å². The summed E-state index contributed by atoms with van der Waals surface area (Å²) in [5.41, 5.74) is 3.53. The smallest absolute Gasteiger partial charge is 0.227 e. The Labute approximate surface area is 145 Å². The molecule has 0 saturated carbocycles. The summed E-state index contributed by atoms with van der Waals surface area (Å²) in [6.45, 7) is 3.98. The fraction of sp³-hybridized carbons (Fsp3) is 0.333. The van der Waals surface area contributed by atoms with Gasteiger partial charge in [0, 0.05) is 23.2 Å². The predicted molar refractivity (Wildman–Crippen MR) is 95.4 cm³/mol. The quantitative estimate of drug-likeness (QED) is 0.889. The molecule has 6 heteroatoms. The molecule has 2 aromatic rings. The van der Waals surface area contributed by atoms with Crippen molar-refractivity contribution >= 4 is 34.5 Å². The molecular formula is C18H20N2O3S. The SMILES string of the molecule is CC(=O)Nc1cccc(NC(=O)CC2OCCc3ccsc32)c1C. The highest BCUT2D eigenvalue weighted by molar-refractivity contribution is 7.10. The summed E-state index contributed by atoms with van der Waals surface area (Å²) in [6.07, 6.45) is 1.03. The maximum absolute atomic E-state index is 12.4. The van der Waals surface area contributed by atoms with Gasteiger partial charge in [0.25, 0.3) is 0 Å². The van der Waals surface area contributed by atoms with E-state index in [9.17, 15) is 9.59 Å². The van der Waals surface area contributed by atoms with Crippen LogP contribution in [-0.2, 0) is 20.7 Å². The van der Waals surface area contributed by atoms with Crippen LogP contribution in [0, 0.1) is 6.92 Å². The van der Waals surface area contributed by atoms with Crippen LogP contribution in [0.25, 0.3) is 0 Å². The topological polar surface area (TPSA) is 67.4 Å². The van der Waals surface area contributed by atoms with E-state index in [1.165, 1.54) is 12.5 Å². The van der Waals surface area contributed by atoms with Crippen molar-refractivity contribution in [2.45, 2.75) is 32.8 Å². The lowest BCUT2D eigenvalue weighted by molar-refractivity contribution is -0.119. The van der Waals surface area contributed by atoms with Gasteiger partial charge in [0.1, 0.15) is 6.10 Å². The van der Waals surface area contributed by atoms with Gasteiger partial charge in [-0.05, 0) is 48.1 Å². The highest BCUT2D eigenvalue weighted by Gasteiger charge is 2.24. The number of carbonyl (C=O) groups excluding carboxylic acids is 2. The van der Waals surface area contributed by atoms with Gasteiger partial charge >= 0.3 is 0 Å². The van der Waals surface area contributed by atoms with Crippen molar-refractivity contribution in [3.8, 4) is 0 Å². The van der Waals surface area contributed by atoms with Crippen LogP contribution in [0.4, 0.5) is 11.4 Å². The number of amides is 2. The zero-order chi connectivity index (χ0) is 17.1. The van der Waals surface area contributed by atoms with Gasteiger partial charge in [0.05, 0.1) is 13.0 Å². The average Bonchev–Trinajstić information content (AvgIpc) is 3.00. The van der Waals surface area contributed by atoms with Gasteiger partial charge in [-0.1, -0.05) is 6.07 Å². The molecule has 1 aromatic heterocycles. The van der Waals surface area contributed by atoms with Crippen molar-refractivity contribution in [1.29, 1.82) is 0 Å². The number of benzene rings is 1. The first kappa shape index (κ1) is 16.7. The molecule has 0 spiro atoms. The molecule has 0 saturated heterocycles. The van der Waals surface area contributed by atoms with Crippen LogP contribution in [-0.4, -0.2) is 18.4 Å². The Hall–Kier alpha value is -2.18. The van der Waals surface area contributed by atoms with Crippen LogP contribution in [0.5, 0.6) is 0 Å². The molecule has 1 aromatic carbocycles. The van der Waals surface area contributed by atoms with Gasteiger partial charge in [-0.2, -0.15) is 0 Å². The normalized spacial score (nSPS) is 16.3. The van der Waals surface area contributed by atoms with Crippen molar-refractivity contribution in [2.75, 3.05) is 17.2 Å². The molecule has 1 aliphatic heterocycles. The molecule has 2 amide bonds. The molecule has 0 radical (unpaired) electrons. The summed E-state index contributed by atoms with van der Waals surface area (Å²) < 4.78 is 5.77. The lowest BCUT2D eigenvalue weighted by atomic mass is 10.1. The number of hydrogen-bond donors (Lipinski definition) is 2. The van der Waals surface area contributed by atoms with Crippen molar-refractivity contribution in [3.63, 3.8) is 0 Å². The zero-order valence-corrected chi connectivity index (χ0v) is 14.5. The number of anilines is 2. The van der Waals surface area contributed by atoms with Gasteiger partial charge in [-0.15, -0.1) is 11.3 Å². The second kappa shape index (κ2) is 7.15. The Morgan fingerprint density at radius 2 is 2.00 bits per heavy atom. The molecule has 3 rings (SSSR count). The maximum atomic E-state index is 12.4. The molecule has 126 valence electrons. The van der Waals surface area contributed by atoms with E-state index in [-0.39, 0.29) is 24.3 Å². The van der Waals surface area contributed by atoms with Crippen LogP contribution in [0.15, 0.2) is 29.6 Å². The summed E-state index contributed by atoms with van der Waals surface area (Å²) in [5.74, 6) is -0.230. The lowest BCUT2D eigenvalue weighted by Gasteiger charge is -2.23. The monoisotopic (exact) mass is 344 g/mol. The van der Waals surface area contributed by atoms with Gasteiger partial charge in [0.2, 0.25) is 11.8 Å². The van der Waals surface area contributed by atoms with E-state index >= 15 is 0 Å². The van der Waals surface area contributed by atoms with E-state index in [0.717, 1.165) is 16.9 Å². The fourth-order valence-corrected chi connectivity index (χ4v) is 3.84. The Kier molecular flexibility index (Phi) is 4.97. The second-order valence-electron chi connectivity index (χ2n) is 5.83. The first-order chi connectivity index (χ1) is 11.5. The predicted octanol–water partition coefficient (Wildman–Crippen LogP) is 3.66. The number of rotatable bonds is 4. The van der Waals surface area contributed by atoms with E-state index in [1.54, 1.807) is 11.3 Å². The highest BCUT2D eigenvalue weighted by atomic mass is 32.1. The number of nitrogens with one attached hydrogen (secondary N) is 2. The van der Waals surface area contributed by atoms with Crippen LogP contribution in [0.1, 0.15) is 35.5 Å². The lowest BCUT2D eigenvalue weighted by Crippen LogP contribution is -2.21. The third-order valence-corrected chi connectivity index (χ3v) is 5.10. The molecule has 0 aliphatic carbocycles. The van der Waals surface area contributed by atoms with Crippen LogP contribution >= 0.6 is 11.3 Å². The van der Waals surface area contributed by atoms with Crippen molar-refractivity contribution < 1.29 is 14.3 Å². The molecule has 2 heterocycles. The summed E-state index contributed by atoms with van der Waals surface area (Å²) in [7, 11) is 0. The zero-order valence-electron chi connectivity index (χ0n) is 13.7. The van der Waals surface area contributed by atoms with Gasteiger partial charge < -0.3 is 15.4 Å². The standard InChI is InChI=1S/C18H20N2O3S/c1-11-14(19-12(2)21)4-3-5-15(11)20-17(22)10-16-18-13(6-8-23-16)7-9-24-18/h3-5,7,9,16H,6,8,10H2,1-2H3,(H,19,21)(H,20,22). The molecule has 24 heavy (non-hydrogen) atoms. The first-order valence-electron chi connectivity index (χ1n) is 7.89. The molecule has 5 nitrogen and oxygen atoms in total. The molecule has 1 aliphatic rings. The minimum atomic E-state index is -0.174. The molecule has 0 fully saturated rings. The van der Waals surface area contributed by atoms with Crippen molar-refractivity contribution in [2.24, 2.45) is 0 Å². The van der Waals surface area contributed by atoms with Gasteiger partial charge in [-0.25, -0.2) is 0 Å². The summed E-state index contributed by atoms with van der Waals surface area (Å²) in [5, 5.41) is 7.74. The van der Waals surface area contributed by atoms with E-state index in [2.05, 4.69) is 16.7 Å². The largest absolute Gasteiger partial charge is 0.372 e.